The Morgan fingerprint density at radius 1 is 1.30 bits per heavy atom. The fourth-order valence-electron chi connectivity index (χ4n) is 2.16. The maximum absolute atomic E-state index is 9.02. The van der Waals surface area contributed by atoms with Crippen LogP contribution in [0.3, 0.4) is 0 Å². The van der Waals surface area contributed by atoms with Crippen LogP contribution in [0.1, 0.15) is 30.3 Å². The molecule has 1 heterocycles. The van der Waals surface area contributed by atoms with Crippen molar-refractivity contribution in [3.05, 3.63) is 41.2 Å². The molecule has 0 amide bonds. The minimum absolute atomic E-state index is 0.642. The normalized spacial score (nSPS) is 10.1. The van der Waals surface area contributed by atoms with Gasteiger partial charge in [0.2, 0.25) is 0 Å². The summed E-state index contributed by atoms with van der Waals surface area (Å²) in [6.07, 6.45) is 1.85. The Labute approximate surface area is 119 Å². The van der Waals surface area contributed by atoms with Crippen molar-refractivity contribution >= 4 is 5.82 Å². The van der Waals surface area contributed by atoms with Gasteiger partial charge in [-0.05, 0) is 25.5 Å². The smallest absolute Gasteiger partial charge is 0.132 e. The third-order valence-corrected chi connectivity index (χ3v) is 3.17. The molecule has 0 aliphatic carbocycles. The van der Waals surface area contributed by atoms with Crippen molar-refractivity contribution in [1.82, 2.24) is 9.97 Å². The SMILES string of the molecule is CCCc1nc(NC)c(C)c(-c2cccc(C#N)c2)n1. The zero-order valence-electron chi connectivity index (χ0n) is 12.1. The van der Waals surface area contributed by atoms with Crippen LogP contribution in [0.25, 0.3) is 11.3 Å². The second-order valence-electron chi connectivity index (χ2n) is 4.65. The van der Waals surface area contributed by atoms with Crippen LogP contribution in [-0.4, -0.2) is 17.0 Å². The Balaban J connectivity index is 2.59. The van der Waals surface area contributed by atoms with Gasteiger partial charge in [-0.2, -0.15) is 5.26 Å². The average Bonchev–Trinajstić information content (AvgIpc) is 2.49. The molecule has 0 unspecified atom stereocenters. The van der Waals surface area contributed by atoms with Crippen LogP contribution in [0, 0.1) is 18.3 Å². The van der Waals surface area contributed by atoms with E-state index in [9.17, 15) is 0 Å². The highest BCUT2D eigenvalue weighted by Gasteiger charge is 2.12. The van der Waals surface area contributed by atoms with E-state index < -0.39 is 0 Å². The van der Waals surface area contributed by atoms with Gasteiger partial charge in [-0.25, -0.2) is 9.97 Å². The Morgan fingerprint density at radius 2 is 2.10 bits per heavy atom. The third kappa shape index (κ3) is 2.77. The molecule has 0 saturated heterocycles. The lowest BCUT2D eigenvalue weighted by atomic mass is 10.0. The monoisotopic (exact) mass is 266 g/mol. The van der Waals surface area contributed by atoms with Gasteiger partial charge >= 0.3 is 0 Å². The summed E-state index contributed by atoms with van der Waals surface area (Å²) in [4.78, 5) is 9.18. The topological polar surface area (TPSA) is 61.6 Å². The zero-order chi connectivity index (χ0) is 14.5. The maximum Gasteiger partial charge on any atom is 0.132 e. The van der Waals surface area contributed by atoms with Crippen molar-refractivity contribution < 1.29 is 0 Å². The predicted octanol–water partition coefficient (Wildman–Crippen LogP) is 3.32. The van der Waals surface area contributed by atoms with Gasteiger partial charge in [0.15, 0.2) is 0 Å². The Kier molecular flexibility index (Phi) is 4.31. The molecule has 1 aromatic carbocycles. The van der Waals surface area contributed by atoms with Gasteiger partial charge in [0.25, 0.3) is 0 Å². The molecule has 0 atom stereocenters. The molecule has 2 aromatic rings. The van der Waals surface area contributed by atoms with Gasteiger partial charge in [0.05, 0.1) is 17.3 Å². The number of aryl methyl sites for hydroxylation is 1. The predicted molar refractivity (Wildman–Crippen MR) is 80.5 cm³/mol. The Morgan fingerprint density at radius 3 is 2.75 bits per heavy atom. The number of nitriles is 1. The first-order valence-corrected chi connectivity index (χ1v) is 6.75. The molecule has 1 aromatic heterocycles. The quantitative estimate of drug-likeness (QED) is 0.922. The molecule has 102 valence electrons. The summed E-state index contributed by atoms with van der Waals surface area (Å²) in [5, 5.41) is 12.1. The number of aromatic nitrogens is 2. The molecule has 4 heteroatoms. The van der Waals surface area contributed by atoms with Gasteiger partial charge in [0.1, 0.15) is 11.6 Å². The minimum atomic E-state index is 0.642. The Hall–Kier alpha value is -2.41. The number of hydrogen-bond donors (Lipinski definition) is 1. The average molecular weight is 266 g/mol. The number of anilines is 1. The molecule has 0 aliphatic rings. The fourth-order valence-corrected chi connectivity index (χ4v) is 2.16. The lowest BCUT2D eigenvalue weighted by molar-refractivity contribution is 0.834. The largest absolute Gasteiger partial charge is 0.373 e. The number of benzene rings is 1. The maximum atomic E-state index is 9.02. The lowest BCUT2D eigenvalue weighted by Gasteiger charge is -2.12. The van der Waals surface area contributed by atoms with E-state index in [2.05, 4.69) is 28.3 Å². The van der Waals surface area contributed by atoms with E-state index in [1.165, 1.54) is 0 Å². The zero-order valence-corrected chi connectivity index (χ0v) is 12.1. The standard InChI is InChI=1S/C16H18N4/c1-4-6-14-19-15(11(2)16(18-3)20-14)13-8-5-7-12(9-13)10-17/h5,7-9H,4,6H2,1-3H3,(H,18,19,20). The van der Waals surface area contributed by atoms with Crippen molar-refractivity contribution in [3.63, 3.8) is 0 Å². The number of hydrogen-bond acceptors (Lipinski definition) is 4. The molecule has 0 fully saturated rings. The fraction of sp³-hybridized carbons (Fsp3) is 0.312. The van der Waals surface area contributed by atoms with Crippen molar-refractivity contribution in [1.29, 1.82) is 5.26 Å². The van der Waals surface area contributed by atoms with Gasteiger partial charge in [-0.15, -0.1) is 0 Å². The first-order valence-electron chi connectivity index (χ1n) is 6.75. The highest BCUT2D eigenvalue weighted by Crippen LogP contribution is 2.26. The molecule has 0 spiro atoms. The molecule has 2 rings (SSSR count). The number of nitrogens with one attached hydrogen (secondary N) is 1. The second kappa shape index (κ2) is 6.16. The molecular weight excluding hydrogens is 248 g/mol. The lowest BCUT2D eigenvalue weighted by Crippen LogP contribution is -2.05. The first kappa shape index (κ1) is 14.0. The van der Waals surface area contributed by atoms with Gasteiger partial charge < -0.3 is 5.32 Å². The van der Waals surface area contributed by atoms with Crippen LogP contribution in [-0.2, 0) is 6.42 Å². The highest BCUT2D eigenvalue weighted by molar-refractivity contribution is 5.69. The van der Waals surface area contributed by atoms with Crippen LogP contribution < -0.4 is 5.32 Å². The van der Waals surface area contributed by atoms with E-state index in [1.807, 2.05) is 32.2 Å². The summed E-state index contributed by atoms with van der Waals surface area (Å²) in [6, 6.07) is 9.69. The summed E-state index contributed by atoms with van der Waals surface area (Å²) >= 11 is 0. The molecule has 0 radical (unpaired) electrons. The van der Waals surface area contributed by atoms with Crippen LogP contribution in [0.4, 0.5) is 5.82 Å². The van der Waals surface area contributed by atoms with E-state index in [0.717, 1.165) is 41.3 Å². The van der Waals surface area contributed by atoms with E-state index in [-0.39, 0.29) is 0 Å². The Bertz CT molecular complexity index is 656. The molecule has 1 N–H and O–H groups in total. The van der Waals surface area contributed by atoms with Gasteiger partial charge in [-0.3, -0.25) is 0 Å². The van der Waals surface area contributed by atoms with Crippen LogP contribution >= 0.6 is 0 Å². The first-order chi connectivity index (χ1) is 9.69. The van der Waals surface area contributed by atoms with E-state index in [4.69, 9.17) is 5.26 Å². The molecule has 20 heavy (non-hydrogen) atoms. The van der Waals surface area contributed by atoms with Crippen molar-refractivity contribution in [2.75, 3.05) is 12.4 Å². The second-order valence-corrected chi connectivity index (χ2v) is 4.65. The van der Waals surface area contributed by atoms with Crippen molar-refractivity contribution in [3.8, 4) is 17.3 Å². The third-order valence-electron chi connectivity index (χ3n) is 3.17. The summed E-state index contributed by atoms with van der Waals surface area (Å²) in [7, 11) is 1.86. The summed E-state index contributed by atoms with van der Waals surface area (Å²) in [5.41, 5.74) is 3.49. The summed E-state index contributed by atoms with van der Waals surface area (Å²) < 4.78 is 0. The van der Waals surface area contributed by atoms with Gasteiger partial charge in [-0.1, -0.05) is 19.1 Å². The van der Waals surface area contributed by atoms with E-state index >= 15 is 0 Å². The molecule has 0 saturated carbocycles. The van der Waals surface area contributed by atoms with Crippen LogP contribution in [0.15, 0.2) is 24.3 Å². The molecule has 0 bridgehead atoms. The van der Waals surface area contributed by atoms with Gasteiger partial charge in [0, 0.05) is 24.6 Å². The van der Waals surface area contributed by atoms with E-state index in [1.54, 1.807) is 6.07 Å². The van der Waals surface area contributed by atoms with Crippen LogP contribution in [0.5, 0.6) is 0 Å². The van der Waals surface area contributed by atoms with Crippen LogP contribution in [0.2, 0.25) is 0 Å². The highest BCUT2D eigenvalue weighted by atomic mass is 15.0. The summed E-state index contributed by atoms with van der Waals surface area (Å²) in [5.74, 6) is 1.68. The number of rotatable bonds is 4. The minimum Gasteiger partial charge on any atom is -0.373 e. The summed E-state index contributed by atoms with van der Waals surface area (Å²) in [6.45, 7) is 4.11. The molecule has 4 nitrogen and oxygen atoms in total. The molecular formula is C16H18N4. The van der Waals surface area contributed by atoms with Crippen molar-refractivity contribution in [2.24, 2.45) is 0 Å². The van der Waals surface area contributed by atoms with Crippen molar-refractivity contribution in [2.45, 2.75) is 26.7 Å². The molecule has 0 aliphatic heterocycles. The van der Waals surface area contributed by atoms with E-state index in [0.29, 0.717) is 5.56 Å². The number of nitrogens with zero attached hydrogens (tertiary/aromatic N) is 3.